The number of alkyl halides is 3. The molecule has 3 aromatic rings. The molecular weight excluding hydrogens is 421 g/mol. The maximum Gasteiger partial charge on any atom is 0.416 e. The summed E-state index contributed by atoms with van der Waals surface area (Å²) in [5.41, 5.74) is 5.10. The lowest BCUT2D eigenvalue weighted by Gasteiger charge is -2.16. The topological polar surface area (TPSA) is 107 Å². The van der Waals surface area contributed by atoms with Gasteiger partial charge in [-0.15, -0.1) is 0 Å². The van der Waals surface area contributed by atoms with E-state index in [0.717, 1.165) is 12.1 Å². The number of amides is 1. The van der Waals surface area contributed by atoms with Crippen molar-refractivity contribution in [1.82, 2.24) is 14.3 Å². The van der Waals surface area contributed by atoms with Crippen LogP contribution in [0.4, 0.5) is 13.2 Å². The number of benzene rings is 2. The summed E-state index contributed by atoms with van der Waals surface area (Å²) in [6.07, 6.45) is -4.50. The van der Waals surface area contributed by atoms with E-state index in [1.165, 1.54) is 34.9 Å². The van der Waals surface area contributed by atoms with Crippen LogP contribution in [0.1, 0.15) is 41.6 Å². The van der Waals surface area contributed by atoms with Gasteiger partial charge in [0.15, 0.2) is 0 Å². The second-order valence-electron chi connectivity index (χ2n) is 6.65. The van der Waals surface area contributed by atoms with Crippen LogP contribution >= 0.6 is 0 Å². The lowest BCUT2D eigenvalue weighted by molar-refractivity contribution is -0.137. The molecule has 2 aromatic carbocycles. The minimum Gasteiger partial charge on any atom is -0.366 e. The number of halogens is 3. The van der Waals surface area contributed by atoms with Crippen molar-refractivity contribution in [1.29, 1.82) is 0 Å². The van der Waals surface area contributed by atoms with Gasteiger partial charge in [-0.3, -0.25) is 4.79 Å². The molecule has 30 heavy (non-hydrogen) atoms. The highest BCUT2D eigenvalue weighted by molar-refractivity contribution is 7.89. The number of nitrogens with one attached hydrogen (secondary N) is 1. The molecule has 0 saturated carbocycles. The fraction of sp³-hybridized carbons (Fsp3) is 0.263. The Hall–Kier alpha value is -2.92. The van der Waals surface area contributed by atoms with E-state index in [9.17, 15) is 26.4 Å². The summed E-state index contributed by atoms with van der Waals surface area (Å²) >= 11 is 0. The molecule has 160 valence electrons. The number of aryl methyl sites for hydroxylation is 1. The average Bonchev–Trinajstić information content (AvgIpc) is 3.05. The number of fused-ring (bicyclic) bond motifs is 1. The van der Waals surface area contributed by atoms with Crippen LogP contribution in [0.15, 0.2) is 47.4 Å². The van der Waals surface area contributed by atoms with Gasteiger partial charge in [-0.25, -0.2) is 18.1 Å². The van der Waals surface area contributed by atoms with Gasteiger partial charge in [-0.05, 0) is 56.3 Å². The second-order valence-corrected chi connectivity index (χ2v) is 8.36. The number of rotatable bonds is 6. The number of nitrogens with zero attached hydrogens (tertiary/aromatic N) is 2. The molecule has 0 saturated heterocycles. The minimum atomic E-state index is -4.50. The van der Waals surface area contributed by atoms with Gasteiger partial charge >= 0.3 is 6.18 Å². The molecule has 0 radical (unpaired) electrons. The molecule has 0 spiro atoms. The molecular formula is C19H19F3N4O3S. The highest BCUT2D eigenvalue weighted by Gasteiger charge is 2.31. The summed E-state index contributed by atoms with van der Waals surface area (Å²) in [5.74, 6) is -0.403. The maximum atomic E-state index is 13.1. The predicted octanol–water partition coefficient (Wildman–Crippen LogP) is 3.21. The van der Waals surface area contributed by atoms with E-state index in [2.05, 4.69) is 9.71 Å². The Labute approximate surface area is 170 Å². The fourth-order valence-electron chi connectivity index (χ4n) is 3.13. The average molecular weight is 440 g/mol. The Kier molecular flexibility index (Phi) is 5.61. The zero-order chi connectivity index (χ0) is 22.3. The second kappa shape index (κ2) is 7.73. The first kappa shape index (κ1) is 21.8. The van der Waals surface area contributed by atoms with E-state index >= 15 is 0 Å². The molecule has 7 nitrogen and oxygen atoms in total. The molecule has 1 aromatic heterocycles. The molecule has 0 fully saturated rings. The Morgan fingerprint density at radius 2 is 1.83 bits per heavy atom. The van der Waals surface area contributed by atoms with Crippen LogP contribution < -0.4 is 10.5 Å². The maximum absolute atomic E-state index is 13.1. The van der Waals surface area contributed by atoms with Crippen LogP contribution in [-0.4, -0.2) is 23.9 Å². The van der Waals surface area contributed by atoms with Crippen LogP contribution in [0.5, 0.6) is 0 Å². The van der Waals surface area contributed by atoms with Gasteiger partial charge in [0.05, 0.1) is 27.5 Å². The molecule has 3 rings (SSSR count). The molecule has 11 heteroatoms. The first-order chi connectivity index (χ1) is 13.9. The van der Waals surface area contributed by atoms with Gasteiger partial charge in [-0.1, -0.05) is 0 Å². The Balaban J connectivity index is 1.96. The van der Waals surface area contributed by atoms with Crippen molar-refractivity contribution >= 4 is 27.0 Å². The van der Waals surface area contributed by atoms with Crippen LogP contribution in [-0.2, 0) is 22.7 Å². The third-order valence-electron chi connectivity index (χ3n) is 4.59. The van der Waals surface area contributed by atoms with Crippen molar-refractivity contribution in [3.05, 3.63) is 59.4 Å². The molecule has 0 bridgehead atoms. The van der Waals surface area contributed by atoms with Crippen molar-refractivity contribution in [2.24, 2.45) is 5.73 Å². The van der Waals surface area contributed by atoms with E-state index in [0.29, 0.717) is 12.1 Å². The molecule has 0 aliphatic heterocycles. The van der Waals surface area contributed by atoms with Crippen LogP contribution in [0, 0.1) is 0 Å². The largest absolute Gasteiger partial charge is 0.416 e. The Bertz CT molecular complexity index is 1200. The smallest absolute Gasteiger partial charge is 0.366 e. The van der Waals surface area contributed by atoms with Crippen molar-refractivity contribution in [3.8, 4) is 0 Å². The minimum absolute atomic E-state index is 0.0853. The van der Waals surface area contributed by atoms with Gasteiger partial charge in [0.1, 0.15) is 5.82 Å². The highest BCUT2D eigenvalue weighted by atomic mass is 32.2. The summed E-state index contributed by atoms with van der Waals surface area (Å²) in [5, 5.41) is 0. The molecule has 0 aliphatic rings. The number of imidazole rings is 1. The van der Waals surface area contributed by atoms with Crippen molar-refractivity contribution in [3.63, 3.8) is 0 Å². The monoisotopic (exact) mass is 440 g/mol. The molecule has 3 N–H and O–H groups in total. The molecule has 1 atom stereocenters. The van der Waals surface area contributed by atoms with Gasteiger partial charge in [0.25, 0.3) is 0 Å². The molecule has 1 heterocycles. The fourth-order valence-corrected chi connectivity index (χ4v) is 4.33. The van der Waals surface area contributed by atoms with Crippen LogP contribution in [0.2, 0.25) is 0 Å². The van der Waals surface area contributed by atoms with Crippen molar-refractivity contribution < 1.29 is 26.4 Å². The highest BCUT2D eigenvalue weighted by Crippen LogP contribution is 2.32. The molecule has 1 amide bonds. The lowest BCUT2D eigenvalue weighted by atomic mass is 10.2. The van der Waals surface area contributed by atoms with Gasteiger partial charge in [-0.2, -0.15) is 13.2 Å². The number of aromatic nitrogens is 2. The Morgan fingerprint density at radius 3 is 2.37 bits per heavy atom. The summed E-state index contributed by atoms with van der Waals surface area (Å²) < 4.78 is 68.5. The normalized spacial score (nSPS) is 13.5. The van der Waals surface area contributed by atoms with Crippen LogP contribution in [0.25, 0.3) is 11.0 Å². The number of carbonyl (C=O) groups is 1. The van der Waals surface area contributed by atoms with E-state index in [1.807, 2.05) is 0 Å². The SMILES string of the molecule is CCn1c([C@@H](C)NS(=O)(=O)c2ccc(C(N)=O)cc2)nc2ccc(C(F)(F)F)cc21. The number of hydrogen-bond acceptors (Lipinski definition) is 4. The predicted molar refractivity (Wildman–Crippen MR) is 104 cm³/mol. The third-order valence-corrected chi connectivity index (χ3v) is 6.15. The van der Waals surface area contributed by atoms with Gasteiger partial charge < -0.3 is 10.3 Å². The lowest BCUT2D eigenvalue weighted by Crippen LogP contribution is -2.29. The number of sulfonamides is 1. The van der Waals surface area contributed by atoms with E-state index in [4.69, 9.17) is 5.73 Å². The van der Waals surface area contributed by atoms with Crippen molar-refractivity contribution in [2.45, 2.75) is 37.5 Å². The van der Waals surface area contributed by atoms with E-state index < -0.39 is 33.7 Å². The number of primary amides is 1. The van der Waals surface area contributed by atoms with Crippen molar-refractivity contribution in [2.75, 3.05) is 0 Å². The summed E-state index contributed by atoms with van der Waals surface area (Å²) in [4.78, 5) is 15.4. The summed E-state index contributed by atoms with van der Waals surface area (Å²) in [7, 11) is -3.98. The van der Waals surface area contributed by atoms with Gasteiger partial charge in [0.2, 0.25) is 15.9 Å². The summed E-state index contributed by atoms with van der Waals surface area (Å²) in [6.45, 7) is 3.58. The van der Waals surface area contributed by atoms with Gasteiger partial charge in [0, 0.05) is 12.1 Å². The standard InChI is InChI=1S/C19H19F3N4O3S/c1-3-26-16-10-13(19(20,21)22)6-9-15(16)24-18(26)11(2)25-30(28,29)14-7-4-12(5-8-14)17(23)27/h4-11,25H,3H2,1-2H3,(H2,23,27)/t11-/m1/s1. The quantitative estimate of drug-likeness (QED) is 0.614. The number of carbonyl (C=O) groups excluding carboxylic acids is 1. The first-order valence-corrected chi connectivity index (χ1v) is 10.4. The van der Waals surface area contributed by atoms with E-state index in [1.54, 1.807) is 13.8 Å². The molecule has 0 unspecified atom stereocenters. The third kappa shape index (κ3) is 4.17. The van der Waals surface area contributed by atoms with E-state index in [-0.39, 0.29) is 21.8 Å². The number of hydrogen-bond donors (Lipinski definition) is 2. The number of nitrogens with two attached hydrogens (primary N) is 1. The summed E-state index contributed by atoms with van der Waals surface area (Å²) in [6, 6.07) is 7.45. The Morgan fingerprint density at radius 1 is 1.20 bits per heavy atom. The van der Waals surface area contributed by atoms with Crippen LogP contribution in [0.3, 0.4) is 0 Å². The zero-order valence-corrected chi connectivity index (χ0v) is 16.9. The molecule has 0 aliphatic carbocycles. The zero-order valence-electron chi connectivity index (χ0n) is 16.1. The first-order valence-electron chi connectivity index (χ1n) is 8.93.